The van der Waals surface area contributed by atoms with Gasteiger partial charge in [-0.3, -0.25) is 0 Å². The third-order valence-corrected chi connectivity index (χ3v) is 3.18. The Morgan fingerprint density at radius 2 is 1.35 bits per heavy atom. The number of aromatic hydroxyl groups is 1. The van der Waals surface area contributed by atoms with Gasteiger partial charge in [0.05, 0.1) is 16.7 Å². The molecular weight excluding hydrogens is 250 g/mol. The summed E-state index contributed by atoms with van der Waals surface area (Å²) in [5, 5.41) is 11.4. The summed E-state index contributed by atoms with van der Waals surface area (Å²) in [6, 6.07) is 15.2. The minimum atomic E-state index is 0.308. The van der Waals surface area contributed by atoms with Crippen molar-refractivity contribution < 1.29 is 5.11 Å². The molecular formula is C16H15N3O. The molecule has 100 valence electrons. The van der Waals surface area contributed by atoms with Gasteiger partial charge >= 0.3 is 0 Å². The Kier molecular flexibility index (Phi) is 3.05. The number of phenols is 1. The summed E-state index contributed by atoms with van der Waals surface area (Å²) < 4.78 is 0. The predicted octanol–water partition coefficient (Wildman–Crippen LogP) is 3.62. The van der Waals surface area contributed by atoms with E-state index in [9.17, 15) is 5.11 Å². The Morgan fingerprint density at radius 3 is 2.00 bits per heavy atom. The largest absolute Gasteiger partial charge is 0.506 e. The Hall–Kier alpha value is -2.88. The lowest BCUT2D eigenvalue weighted by Crippen LogP contribution is -1.84. The van der Waals surface area contributed by atoms with Crippen molar-refractivity contribution in [1.82, 2.24) is 9.97 Å². The molecule has 0 aliphatic heterocycles. The van der Waals surface area contributed by atoms with E-state index in [1.165, 1.54) is 5.39 Å². The van der Waals surface area contributed by atoms with Gasteiger partial charge in [0.2, 0.25) is 0 Å². The van der Waals surface area contributed by atoms with Crippen LogP contribution < -0.4 is 5.73 Å². The maximum absolute atomic E-state index is 9.23. The summed E-state index contributed by atoms with van der Waals surface area (Å²) in [5.74, 6) is 0.308. The number of phenolic OH excluding ortho intramolecular Hbond substituents is 1. The molecule has 0 atom stereocenters. The van der Waals surface area contributed by atoms with Crippen molar-refractivity contribution in [3.05, 3.63) is 60.9 Å². The van der Waals surface area contributed by atoms with E-state index in [1.807, 2.05) is 54.9 Å². The summed E-state index contributed by atoms with van der Waals surface area (Å²) in [6.07, 6.45) is 3.70. The van der Waals surface area contributed by atoms with Crippen LogP contribution in [-0.4, -0.2) is 15.1 Å². The van der Waals surface area contributed by atoms with Crippen LogP contribution >= 0.6 is 0 Å². The minimum Gasteiger partial charge on any atom is -0.506 e. The van der Waals surface area contributed by atoms with Gasteiger partial charge in [0.15, 0.2) is 0 Å². The Balaban J connectivity index is 0.000000121. The number of aromatic amines is 2. The monoisotopic (exact) mass is 265 g/mol. The van der Waals surface area contributed by atoms with Gasteiger partial charge < -0.3 is 20.8 Å². The summed E-state index contributed by atoms with van der Waals surface area (Å²) in [5.41, 5.74) is 8.32. The number of nitrogen functional groups attached to an aromatic ring is 1. The van der Waals surface area contributed by atoms with Crippen LogP contribution in [0.3, 0.4) is 0 Å². The lowest BCUT2D eigenvalue weighted by molar-refractivity contribution is 0.480. The zero-order valence-corrected chi connectivity index (χ0v) is 10.8. The van der Waals surface area contributed by atoms with E-state index < -0.39 is 0 Å². The van der Waals surface area contributed by atoms with Crippen molar-refractivity contribution in [3.8, 4) is 5.75 Å². The van der Waals surface area contributed by atoms with E-state index >= 15 is 0 Å². The molecule has 2 aromatic carbocycles. The number of nitrogens with one attached hydrogen (secondary N) is 2. The molecule has 4 heteroatoms. The van der Waals surface area contributed by atoms with Gasteiger partial charge in [0.25, 0.3) is 0 Å². The number of hydrogen-bond donors (Lipinski definition) is 4. The van der Waals surface area contributed by atoms with E-state index in [0.717, 1.165) is 22.1 Å². The van der Waals surface area contributed by atoms with Crippen LogP contribution in [0.2, 0.25) is 0 Å². The smallest absolute Gasteiger partial charge is 0.139 e. The average Bonchev–Trinajstić information content (AvgIpc) is 3.08. The quantitative estimate of drug-likeness (QED) is 0.366. The highest BCUT2D eigenvalue weighted by atomic mass is 16.3. The molecule has 4 aromatic rings. The maximum Gasteiger partial charge on any atom is 0.139 e. The molecule has 0 aliphatic carbocycles. The van der Waals surface area contributed by atoms with Crippen molar-refractivity contribution in [3.63, 3.8) is 0 Å². The number of fused-ring (bicyclic) bond motifs is 2. The highest BCUT2D eigenvalue weighted by Gasteiger charge is 1.96. The fraction of sp³-hybridized carbons (Fsp3) is 0. The average molecular weight is 265 g/mol. The second-order valence-corrected chi connectivity index (χ2v) is 4.51. The molecule has 0 unspecified atom stereocenters. The first kappa shape index (κ1) is 12.2. The normalized spacial score (nSPS) is 10.4. The number of nitrogens with two attached hydrogens (primary N) is 1. The zero-order chi connectivity index (χ0) is 13.9. The molecule has 4 rings (SSSR count). The molecule has 4 nitrogen and oxygen atoms in total. The topological polar surface area (TPSA) is 77.8 Å². The lowest BCUT2D eigenvalue weighted by Gasteiger charge is -1.92. The van der Waals surface area contributed by atoms with Gasteiger partial charge in [-0.2, -0.15) is 0 Å². The molecule has 0 bridgehead atoms. The first-order valence-electron chi connectivity index (χ1n) is 6.32. The predicted molar refractivity (Wildman–Crippen MR) is 82.7 cm³/mol. The summed E-state index contributed by atoms with van der Waals surface area (Å²) in [6.45, 7) is 0. The number of H-pyrrole nitrogens is 2. The molecule has 0 amide bonds. The number of benzene rings is 2. The second-order valence-electron chi connectivity index (χ2n) is 4.51. The van der Waals surface area contributed by atoms with Crippen LogP contribution in [-0.2, 0) is 0 Å². The summed E-state index contributed by atoms with van der Waals surface area (Å²) in [7, 11) is 0. The van der Waals surface area contributed by atoms with Gasteiger partial charge in [0, 0.05) is 23.2 Å². The molecule has 0 radical (unpaired) electrons. The van der Waals surface area contributed by atoms with Crippen molar-refractivity contribution in [2.24, 2.45) is 0 Å². The second kappa shape index (κ2) is 5.01. The molecule has 0 fully saturated rings. The van der Waals surface area contributed by atoms with Crippen LogP contribution in [0, 0.1) is 0 Å². The fourth-order valence-corrected chi connectivity index (χ4v) is 2.18. The van der Waals surface area contributed by atoms with Gasteiger partial charge in [-0.1, -0.05) is 24.3 Å². The number of hydrogen-bond acceptors (Lipinski definition) is 2. The molecule has 20 heavy (non-hydrogen) atoms. The first-order chi connectivity index (χ1) is 9.75. The van der Waals surface area contributed by atoms with Crippen molar-refractivity contribution in [2.75, 3.05) is 5.73 Å². The molecule has 2 aromatic heterocycles. The standard InChI is InChI=1S/C8H8N2.C8H7NO/c9-7-3-1-2-6-4-5-10-8(6)7;10-7-3-1-2-6-4-5-9-8(6)7/h1-5,10H,9H2;1-5,9-10H. The summed E-state index contributed by atoms with van der Waals surface area (Å²) in [4.78, 5) is 6.00. The maximum atomic E-state index is 9.23. The number of para-hydroxylation sites is 2. The third-order valence-electron chi connectivity index (χ3n) is 3.18. The Labute approximate surface area is 115 Å². The first-order valence-corrected chi connectivity index (χ1v) is 6.32. The van der Waals surface area contributed by atoms with Crippen molar-refractivity contribution in [1.29, 1.82) is 0 Å². The zero-order valence-electron chi connectivity index (χ0n) is 10.8. The SMILES string of the molecule is Nc1cccc2cc[nH]c12.Oc1cccc2cc[nH]c12. The number of anilines is 1. The van der Waals surface area contributed by atoms with Crippen molar-refractivity contribution in [2.45, 2.75) is 0 Å². The van der Waals surface area contributed by atoms with Gasteiger partial charge in [0.1, 0.15) is 5.75 Å². The van der Waals surface area contributed by atoms with E-state index in [2.05, 4.69) is 9.97 Å². The highest BCUT2D eigenvalue weighted by molar-refractivity contribution is 5.89. The number of aromatic nitrogens is 2. The van der Waals surface area contributed by atoms with Crippen LogP contribution in [0.1, 0.15) is 0 Å². The molecule has 0 aliphatic rings. The third kappa shape index (κ3) is 2.19. The molecule has 0 saturated carbocycles. The van der Waals surface area contributed by atoms with Crippen LogP contribution in [0.25, 0.3) is 21.8 Å². The highest BCUT2D eigenvalue weighted by Crippen LogP contribution is 2.21. The Bertz CT molecular complexity index is 773. The molecule has 0 spiro atoms. The Morgan fingerprint density at radius 1 is 0.750 bits per heavy atom. The van der Waals surface area contributed by atoms with Crippen molar-refractivity contribution >= 4 is 27.5 Å². The minimum absolute atomic E-state index is 0.308. The van der Waals surface area contributed by atoms with Crippen LogP contribution in [0.4, 0.5) is 5.69 Å². The molecule has 5 N–H and O–H groups in total. The van der Waals surface area contributed by atoms with Crippen LogP contribution in [0.15, 0.2) is 60.9 Å². The fourth-order valence-electron chi connectivity index (χ4n) is 2.18. The van der Waals surface area contributed by atoms with Gasteiger partial charge in [-0.25, -0.2) is 0 Å². The van der Waals surface area contributed by atoms with E-state index in [0.29, 0.717) is 5.75 Å². The lowest BCUT2D eigenvalue weighted by atomic mass is 10.2. The van der Waals surface area contributed by atoms with Gasteiger partial charge in [-0.05, 0) is 24.3 Å². The summed E-state index contributed by atoms with van der Waals surface area (Å²) >= 11 is 0. The van der Waals surface area contributed by atoms with Gasteiger partial charge in [-0.15, -0.1) is 0 Å². The van der Waals surface area contributed by atoms with E-state index in [4.69, 9.17) is 5.73 Å². The van der Waals surface area contributed by atoms with E-state index in [-0.39, 0.29) is 0 Å². The molecule has 0 saturated heterocycles. The van der Waals surface area contributed by atoms with E-state index in [1.54, 1.807) is 6.07 Å². The number of rotatable bonds is 0. The molecule has 2 heterocycles. The van der Waals surface area contributed by atoms with Crippen LogP contribution in [0.5, 0.6) is 5.75 Å².